The van der Waals surface area contributed by atoms with E-state index in [0.29, 0.717) is 26.1 Å². The third-order valence-corrected chi connectivity index (χ3v) is 3.28. The molecule has 1 amide bonds. The van der Waals surface area contributed by atoms with Crippen LogP contribution in [0.2, 0.25) is 0 Å². The van der Waals surface area contributed by atoms with E-state index in [2.05, 4.69) is 10.3 Å². The van der Waals surface area contributed by atoms with Crippen molar-refractivity contribution in [2.45, 2.75) is 12.5 Å². The first-order chi connectivity index (χ1) is 8.70. The van der Waals surface area contributed by atoms with Crippen LogP contribution < -0.4 is 5.32 Å². The number of amides is 1. The first kappa shape index (κ1) is 13.0. The summed E-state index contributed by atoms with van der Waals surface area (Å²) in [5.74, 6) is 0.126. The van der Waals surface area contributed by atoms with Crippen LogP contribution >= 0.6 is 0 Å². The Kier molecular flexibility index (Phi) is 4.28. The molecular weight excluding hydrogens is 230 g/mol. The molecule has 1 fully saturated rings. The van der Waals surface area contributed by atoms with E-state index >= 15 is 0 Å². The van der Waals surface area contributed by atoms with Gasteiger partial charge in [0.15, 0.2) is 0 Å². The fourth-order valence-corrected chi connectivity index (χ4v) is 2.31. The van der Waals surface area contributed by atoms with Gasteiger partial charge in [-0.1, -0.05) is 6.07 Å². The standard InChI is InChI=1S/C13H19N3O2/c1-14-7-13(18)16-8-10(12(17)9-16)6-11-4-2-3-5-15-11/h2-5,10,12,14,17H,6-9H2,1H3/t10-,12-/m1/s1. The topological polar surface area (TPSA) is 65.5 Å². The molecule has 1 saturated heterocycles. The Labute approximate surface area is 107 Å². The Hall–Kier alpha value is -1.46. The number of aliphatic hydroxyl groups is 1. The second-order valence-corrected chi connectivity index (χ2v) is 4.68. The lowest BCUT2D eigenvalue weighted by Crippen LogP contribution is -2.36. The zero-order chi connectivity index (χ0) is 13.0. The lowest BCUT2D eigenvalue weighted by Gasteiger charge is -2.15. The number of hydrogen-bond donors (Lipinski definition) is 2. The summed E-state index contributed by atoms with van der Waals surface area (Å²) in [6.45, 7) is 1.36. The van der Waals surface area contributed by atoms with Gasteiger partial charge in [0.25, 0.3) is 0 Å². The number of likely N-dealkylation sites (N-methyl/N-ethyl adjacent to an activating group) is 1. The molecule has 2 atom stereocenters. The van der Waals surface area contributed by atoms with Crippen molar-refractivity contribution in [3.8, 4) is 0 Å². The number of β-amino-alcohol motifs (C(OH)–C–C–N with tert-alkyl or cyclic N) is 1. The third-order valence-electron chi connectivity index (χ3n) is 3.28. The second kappa shape index (κ2) is 5.93. The van der Waals surface area contributed by atoms with E-state index in [1.807, 2.05) is 18.2 Å². The minimum absolute atomic E-state index is 0.0417. The fraction of sp³-hybridized carbons (Fsp3) is 0.538. The van der Waals surface area contributed by atoms with Gasteiger partial charge in [-0.2, -0.15) is 0 Å². The van der Waals surface area contributed by atoms with Gasteiger partial charge in [-0.25, -0.2) is 0 Å². The molecule has 2 heterocycles. The molecule has 0 radical (unpaired) electrons. The molecule has 0 spiro atoms. The highest BCUT2D eigenvalue weighted by molar-refractivity contribution is 5.78. The van der Waals surface area contributed by atoms with Crippen LogP contribution in [0.15, 0.2) is 24.4 Å². The van der Waals surface area contributed by atoms with Gasteiger partial charge in [-0.3, -0.25) is 9.78 Å². The van der Waals surface area contributed by atoms with Gasteiger partial charge in [-0.05, 0) is 25.6 Å². The summed E-state index contributed by atoms with van der Waals surface area (Å²) < 4.78 is 0. The summed E-state index contributed by atoms with van der Waals surface area (Å²) in [7, 11) is 1.75. The molecule has 1 aliphatic heterocycles. The van der Waals surface area contributed by atoms with Gasteiger partial charge in [0, 0.05) is 30.9 Å². The molecule has 18 heavy (non-hydrogen) atoms. The highest BCUT2D eigenvalue weighted by atomic mass is 16.3. The number of carbonyl (C=O) groups is 1. The van der Waals surface area contributed by atoms with Gasteiger partial charge in [0.05, 0.1) is 12.6 Å². The number of nitrogens with one attached hydrogen (secondary N) is 1. The van der Waals surface area contributed by atoms with Crippen LogP contribution in [0.1, 0.15) is 5.69 Å². The maximum Gasteiger partial charge on any atom is 0.236 e. The number of nitrogens with zero attached hydrogens (tertiary/aromatic N) is 2. The number of rotatable bonds is 4. The molecule has 5 nitrogen and oxygen atoms in total. The number of likely N-dealkylation sites (tertiary alicyclic amines) is 1. The Bertz CT molecular complexity index is 396. The highest BCUT2D eigenvalue weighted by Gasteiger charge is 2.33. The van der Waals surface area contributed by atoms with Crippen LogP contribution in [-0.4, -0.2) is 53.7 Å². The van der Waals surface area contributed by atoms with E-state index in [9.17, 15) is 9.90 Å². The quantitative estimate of drug-likeness (QED) is 0.766. The van der Waals surface area contributed by atoms with Crippen LogP contribution in [0.25, 0.3) is 0 Å². The number of aliphatic hydroxyl groups excluding tert-OH is 1. The first-order valence-electron chi connectivity index (χ1n) is 6.21. The van der Waals surface area contributed by atoms with Crippen molar-refractivity contribution in [1.82, 2.24) is 15.2 Å². The molecule has 2 N–H and O–H groups in total. The van der Waals surface area contributed by atoms with Crippen molar-refractivity contribution < 1.29 is 9.90 Å². The Morgan fingerprint density at radius 1 is 1.56 bits per heavy atom. The summed E-state index contributed by atoms with van der Waals surface area (Å²) in [6.07, 6.45) is 2.01. The maximum absolute atomic E-state index is 11.7. The molecule has 0 bridgehead atoms. The van der Waals surface area contributed by atoms with Gasteiger partial charge in [0.1, 0.15) is 0 Å². The molecule has 2 rings (SSSR count). The van der Waals surface area contributed by atoms with E-state index < -0.39 is 6.10 Å². The molecule has 1 aliphatic rings. The second-order valence-electron chi connectivity index (χ2n) is 4.68. The number of pyridine rings is 1. The molecule has 0 aromatic carbocycles. The average Bonchev–Trinajstić information content (AvgIpc) is 2.73. The summed E-state index contributed by atoms with van der Waals surface area (Å²) >= 11 is 0. The predicted molar refractivity (Wildman–Crippen MR) is 67.9 cm³/mol. The average molecular weight is 249 g/mol. The number of aromatic nitrogens is 1. The monoisotopic (exact) mass is 249 g/mol. The molecule has 1 aromatic rings. The molecule has 98 valence electrons. The van der Waals surface area contributed by atoms with Crippen LogP contribution in [0.4, 0.5) is 0 Å². The van der Waals surface area contributed by atoms with Crippen molar-refractivity contribution in [3.63, 3.8) is 0 Å². The van der Waals surface area contributed by atoms with Crippen molar-refractivity contribution >= 4 is 5.91 Å². The van der Waals surface area contributed by atoms with Crippen LogP contribution in [0.5, 0.6) is 0 Å². The Balaban J connectivity index is 1.93. The molecular formula is C13H19N3O2. The predicted octanol–water partition coefficient (Wildman–Crippen LogP) is -0.337. The largest absolute Gasteiger partial charge is 0.391 e. The zero-order valence-electron chi connectivity index (χ0n) is 10.5. The lowest BCUT2D eigenvalue weighted by atomic mass is 10.00. The maximum atomic E-state index is 11.7. The van der Waals surface area contributed by atoms with Crippen molar-refractivity contribution in [2.24, 2.45) is 5.92 Å². The van der Waals surface area contributed by atoms with Crippen LogP contribution in [0.3, 0.4) is 0 Å². The van der Waals surface area contributed by atoms with Crippen LogP contribution in [0, 0.1) is 5.92 Å². The molecule has 0 unspecified atom stereocenters. The Morgan fingerprint density at radius 2 is 2.39 bits per heavy atom. The first-order valence-corrected chi connectivity index (χ1v) is 6.21. The van der Waals surface area contributed by atoms with E-state index in [1.165, 1.54) is 0 Å². The molecule has 0 aliphatic carbocycles. The van der Waals surface area contributed by atoms with E-state index in [4.69, 9.17) is 0 Å². The number of carbonyl (C=O) groups excluding carboxylic acids is 1. The Morgan fingerprint density at radius 3 is 3.06 bits per heavy atom. The minimum Gasteiger partial charge on any atom is -0.391 e. The summed E-state index contributed by atoms with van der Waals surface area (Å²) in [6, 6.07) is 5.76. The SMILES string of the molecule is CNCC(=O)N1C[C@@H](Cc2ccccn2)[C@H](O)C1. The van der Waals surface area contributed by atoms with Gasteiger partial charge < -0.3 is 15.3 Å². The lowest BCUT2D eigenvalue weighted by molar-refractivity contribution is -0.129. The normalized spacial score (nSPS) is 23.3. The third kappa shape index (κ3) is 3.05. The van der Waals surface area contributed by atoms with Gasteiger partial charge >= 0.3 is 0 Å². The van der Waals surface area contributed by atoms with Crippen molar-refractivity contribution in [1.29, 1.82) is 0 Å². The van der Waals surface area contributed by atoms with Gasteiger partial charge in [-0.15, -0.1) is 0 Å². The summed E-state index contributed by atoms with van der Waals surface area (Å²) in [5, 5.41) is 12.8. The molecule has 5 heteroatoms. The fourth-order valence-electron chi connectivity index (χ4n) is 2.31. The van der Waals surface area contributed by atoms with E-state index in [1.54, 1.807) is 18.1 Å². The molecule has 0 saturated carbocycles. The molecule has 1 aromatic heterocycles. The van der Waals surface area contributed by atoms with Crippen molar-refractivity contribution in [3.05, 3.63) is 30.1 Å². The van der Waals surface area contributed by atoms with Gasteiger partial charge in [0.2, 0.25) is 5.91 Å². The minimum atomic E-state index is -0.451. The van der Waals surface area contributed by atoms with Crippen LogP contribution in [-0.2, 0) is 11.2 Å². The summed E-state index contributed by atoms with van der Waals surface area (Å²) in [5.41, 5.74) is 0.962. The smallest absolute Gasteiger partial charge is 0.236 e. The summed E-state index contributed by atoms with van der Waals surface area (Å²) in [4.78, 5) is 17.7. The zero-order valence-corrected chi connectivity index (χ0v) is 10.5. The van der Waals surface area contributed by atoms with E-state index in [-0.39, 0.29) is 11.8 Å². The number of hydrogen-bond acceptors (Lipinski definition) is 4. The van der Waals surface area contributed by atoms with E-state index in [0.717, 1.165) is 5.69 Å². The van der Waals surface area contributed by atoms with Crippen molar-refractivity contribution in [2.75, 3.05) is 26.7 Å². The highest BCUT2D eigenvalue weighted by Crippen LogP contribution is 2.20.